The average Bonchev–Trinajstić information content (AvgIpc) is 2.46. The lowest BCUT2D eigenvalue weighted by Crippen LogP contribution is -2.32. The summed E-state index contributed by atoms with van der Waals surface area (Å²) in [5, 5.41) is 0. The standard InChI is InChI=1S/C12H26O5P2.B/c1-5-16-18(17-6-2)12(10-8-7-9-11-12)19(13,14-3)15-4;/h5-11H2,1-4H3;. The summed E-state index contributed by atoms with van der Waals surface area (Å²) in [6.45, 7) is 4.94. The summed E-state index contributed by atoms with van der Waals surface area (Å²) in [7, 11) is -1.60. The molecule has 0 saturated heterocycles. The highest BCUT2D eigenvalue weighted by atomic mass is 31.2. The van der Waals surface area contributed by atoms with Crippen molar-refractivity contribution in [3.8, 4) is 0 Å². The maximum atomic E-state index is 13.0. The summed E-state index contributed by atoms with van der Waals surface area (Å²) in [5.74, 6) is 0. The fourth-order valence-electron chi connectivity index (χ4n) is 2.60. The summed E-state index contributed by atoms with van der Waals surface area (Å²) in [4.78, 5) is -0.615. The van der Waals surface area contributed by atoms with Gasteiger partial charge < -0.3 is 18.1 Å². The van der Waals surface area contributed by atoms with Gasteiger partial charge in [-0.2, -0.15) is 0 Å². The van der Waals surface area contributed by atoms with Crippen LogP contribution in [0.4, 0.5) is 0 Å². The number of rotatable bonds is 8. The van der Waals surface area contributed by atoms with Gasteiger partial charge in [-0.25, -0.2) is 0 Å². The lowest BCUT2D eigenvalue weighted by Gasteiger charge is -2.43. The molecule has 0 bridgehead atoms. The van der Waals surface area contributed by atoms with Crippen molar-refractivity contribution >= 4 is 24.4 Å². The van der Waals surface area contributed by atoms with E-state index in [0.29, 0.717) is 13.2 Å². The molecular weight excluding hydrogens is 297 g/mol. The molecule has 0 aliphatic heterocycles. The van der Waals surface area contributed by atoms with Crippen molar-refractivity contribution in [1.29, 1.82) is 0 Å². The first-order chi connectivity index (χ1) is 9.10. The van der Waals surface area contributed by atoms with Crippen molar-refractivity contribution in [3.63, 3.8) is 0 Å². The van der Waals surface area contributed by atoms with Crippen LogP contribution in [-0.4, -0.2) is 40.7 Å². The quantitative estimate of drug-likeness (QED) is 0.496. The van der Waals surface area contributed by atoms with E-state index in [0.717, 1.165) is 32.1 Å². The molecule has 0 aromatic rings. The number of hydrogen-bond donors (Lipinski definition) is 0. The first-order valence-corrected chi connectivity index (χ1v) is 9.60. The molecule has 0 heterocycles. The van der Waals surface area contributed by atoms with Gasteiger partial charge in [0.2, 0.25) is 0 Å². The van der Waals surface area contributed by atoms with Gasteiger partial charge in [-0.15, -0.1) is 0 Å². The van der Waals surface area contributed by atoms with E-state index in [9.17, 15) is 4.57 Å². The van der Waals surface area contributed by atoms with Crippen LogP contribution < -0.4 is 0 Å². The van der Waals surface area contributed by atoms with E-state index in [1.54, 1.807) is 0 Å². The molecule has 117 valence electrons. The minimum Gasteiger partial charge on any atom is -0.334 e. The molecule has 0 N–H and O–H groups in total. The van der Waals surface area contributed by atoms with E-state index in [1.807, 2.05) is 13.8 Å². The van der Waals surface area contributed by atoms with Crippen LogP contribution in [0.25, 0.3) is 0 Å². The lowest BCUT2D eigenvalue weighted by atomic mass is 10.00. The molecule has 0 aromatic carbocycles. The Kier molecular flexibility index (Phi) is 9.83. The zero-order chi connectivity index (χ0) is 14.4. The van der Waals surface area contributed by atoms with Crippen LogP contribution in [0.15, 0.2) is 0 Å². The van der Waals surface area contributed by atoms with E-state index < -0.39 is 20.9 Å². The molecule has 8 heteroatoms. The molecule has 3 radical (unpaired) electrons. The normalized spacial score (nSPS) is 18.9. The van der Waals surface area contributed by atoms with Gasteiger partial charge in [0.05, 0.1) is 13.2 Å². The Morgan fingerprint density at radius 1 is 1.00 bits per heavy atom. The fraction of sp³-hybridized carbons (Fsp3) is 1.00. The molecule has 1 aliphatic carbocycles. The predicted octanol–water partition coefficient (Wildman–Crippen LogP) is 4.14. The van der Waals surface area contributed by atoms with Crippen molar-refractivity contribution in [2.45, 2.75) is 50.8 Å². The zero-order valence-electron chi connectivity index (χ0n) is 13.0. The second-order valence-electron chi connectivity index (χ2n) is 4.50. The van der Waals surface area contributed by atoms with Crippen LogP contribution in [0.2, 0.25) is 0 Å². The Hall–Kier alpha value is 0.565. The second kappa shape index (κ2) is 9.56. The Labute approximate surface area is 126 Å². The third kappa shape index (κ3) is 4.06. The topological polar surface area (TPSA) is 54.0 Å². The van der Waals surface area contributed by atoms with Gasteiger partial charge in [-0.1, -0.05) is 19.3 Å². The van der Waals surface area contributed by atoms with Gasteiger partial charge in [0.1, 0.15) is 4.90 Å². The molecule has 1 rings (SSSR count). The van der Waals surface area contributed by atoms with E-state index in [-0.39, 0.29) is 8.41 Å². The van der Waals surface area contributed by atoms with Gasteiger partial charge in [-0.05, 0) is 26.7 Å². The smallest absolute Gasteiger partial charge is 0.334 e. The van der Waals surface area contributed by atoms with Crippen molar-refractivity contribution in [2.75, 3.05) is 27.4 Å². The third-order valence-corrected chi connectivity index (χ3v) is 9.24. The molecule has 1 fully saturated rings. The minimum atomic E-state index is -3.22. The summed E-state index contributed by atoms with van der Waals surface area (Å²) < 4.78 is 35.2. The second-order valence-corrected chi connectivity index (χ2v) is 9.32. The first kappa shape index (κ1) is 20.6. The molecule has 5 nitrogen and oxygen atoms in total. The monoisotopic (exact) mass is 323 g/mol. The van der Waals surface area contributed by atoms with Crippen LogP contribution in [0.1, 0.15) is 46.0 Å². The average molecular weight is 323 g/mol. The van der Waals surface area contributed by atoms with Crippen LogP contribution in [-0.2, 0) is 22.7 Å². The summed E-state index contributed by atoms with van der Waals surface area (Å²) in [5.41, 5.74) is 0. The molecule has 0 amide bonds. The Bertz CT molecular complexity index is 296. The van der Waals surface area contributed by atoms with Crippen molar-refractivity contribution in [1.82, 2.24) is 0 Å². The van der Waals surface area contributed by atoms with Crippen LogP contribution >= 0.6 is 16.0 Å². The maximum Gasteiger partial charge on any atom is 0.345 e. The van der Waals surface area contributed by atoms with E-state index in [1.165, 1.54) is 14.2 Å². The SMILES string of the molecule is CCOP(OCC)C1(P(=O)(OC)OC)CCCCC1.[B]. The minimum absolute atomic E-state index is 0. The molecular formula is C12H26BO5P2. The van der Waals surface area contributed by atoms with E-state index in [2.05, 4.69) is 0 Å². The predicted molar refractivity (Wildman–Crippen MR) is 83.4 cm³/mol. The molecule has 0 unspecified atom stereocenters. The highest BCUT2D eigenvalue weighted by Crippen LogP contribution is 2.77. The Morgan fingerprint density at radius 3 is 1.80 bits per heavy atom. The van der Waals surface area contributed by atoms with Gasteiger partial charge in [0.25, 0.3) is 0 Å². The Morgan fingerprint density at radius 2 is 1.45 bits per heavy atom. The maximum absolute atomic E-state index is 13.0. The molecule has 20 heavy (non-hydrogen) atoms. The highest BCUT2D eigenvalue weighted by molar-refractivity contribution is 7.71. The van der Waals surface area contributed by atoms with Gasteiger partial charge >= 0.3 is 7.60 Å². The third-order valence-electron chi connectivity index (χ3n) is 3.48. The molecule has 0 atom stereocenters. The molecule has 0 aromatic heterocycles. The van der Waals surface area contributed by atoms with Gasteiger partial charge in [-0.3, -0.25) is 4.57 Å². The summed E-state index contributed by atoms with van der Waals surface area (Å²) >= 11 is 0. The fourth-order valence-corrected chi connectivity index (χ4v) is 7.64. The largest absolute Gasteiger partial charge is 0.345 e. The van der Waals surface area contributed by atoms with E-state index >= 15 is 0 Å². The zero-order valence-corrected chi connectivity index (χ0v) is 14.8. The summed E-state index contributed by atoms with van der Waals surface area (Å²) in [6, 6.07) is 0. The first-order valence-electron chi connectivity index (χ1n) is 6.88. The van der Waals surface area contributed by atoms with Crippen LogP contribution in [0, 0.1) is 0 Å². The van der Waals surface area contributed by atoms with Crippen LogP contribution in [0.3, 0.4) is 0 Å². The molecule has 1 saturated carbocycles. The number of hydrogen-bond acceptors (Lipinski definition) is 5. The van der Waals surface area contributed by atoms with Gasteiger partial charge in [0.15, 0.2) is 8.38 Å². The van der Waals surface area contributed by atoms with Crippen molar-refractivity contribution in [3.05, 3.63) is 0 Å². The lowest BCUT2D eigenvalue weighted by molar-refractivity contribution is 0.213. The Balaban J connectivity index is 0.00000361. The highest BCUT2D eigenvalue weighted by Gasteiger charge is 2.57. The molecule has 0 spiro atoms. The molecule has 1 aliphatic rings. The summed E-state index contributed by atoms with van der Waals surface area (Å²) in [6.07, 6.45) is 4.72. The van der Waals surface area contributed by atoms with Gasteiger partial charge in [0, 0.05) is 22.6 Å². The van der Waals surface area contributed by atoms with E-state index in [4.69, 9.17) is 18.1 Å². The van der Waals surface area contributed by atoms with Crippen molar-refractivity contribution < 1.29 is 22.7 Å². The van der Waals surface area contributed by atoms with Crippen molar-refractivity contribution in [2.24, 2.45) is 0 Å². The van der Waals surface area contributed by atoms with Crippen LogP contribution in [0.5, 0.6) is 0 Å².